The van der Waals surface area contributed by atoms with Gasteiger partial charge in [-0.3, -0.25) is 5.10 Å². The first kappa shape index (κ1) is 11.6. The molecule has 5 heteroatoms. The number of aromatic nitrogens is 2. The number of nitrogens with two attached hydrogens (primary N) is 1. The Morgan fingerprint density at radius 3 is 2.53 bits per heavy atom. The Labute approximate surface area is 97.7 Å². The Balaban J connectivity index is 2.56. The van der Waals surface area contributed by atoms with E-state index in [1.54, 1.807) is 0 Å². The summed E-state index contributed by atoms with van der Waals surface area (Å²) >= 11 is 0. The Kier molecular flexibility index (Phi) is 2.83. The van der Waals surface area contributed by atoms with Crippen molar-refractivity contribution < 1.29 is 8.78 Å². The summed E-state index contributed by atoms with van der Waals surface area (Å²) in [4.78, 5) is 0. The lowest BCUT2D eigenvalue weighted by Crippen LogP contribution is -1.95. The maximum absolute atomic E-state index is 13.2. The van der Waals surface area contributed by atoms with Crippen molar-refractivity contribution in [3.63, 3.8) is 0 Å². The van der Waals surface area contributed by atoms with Crippen molar-refractivity contribution in [1.29, 1.82) is 0 Å². The van der Waals surface area contributed by atoms with Gasteiger partial charge in [0.15, 0.2) is 11.6 Å². The summed E-state index contributed by atoms with van der Waals surface area (Å²) in [5, 5.41) is 6.66. The van der Waals surface area contributed by atoms with E-state index in [9.17, 15) is 8.78 Å². The number of halogens is 2. The molecule has 0 radical (unpaired) electrons. The minimum Gasteiger partial charge on any atom is -0.382 e. The molecular weight excluding hydrogens is 224 g/mol. The second-order valence-electron chi connectivity index (χ2n) is 4.18. The van der Waals surface area contributed by atoms with Crippen molar-refractivity contribution in [2.45, 2.75) is 19.8 Å². The van der Waals surface area contributed by atoms with E-state index in [0.717, 1.165) is 17.7 Å². The van der Waals surface area contributed by atoms with Gasteiger partial charge in [-0.05, 0) is 24.1 Å². The number of benzene rings is 1. The van der Waals surface area contributed by atoms with Crippen LogP contribution in [0.1, 0.15) is 25.3 Å². The fourth-order valence-electron chi connectivity index (χ4n) is 1.82. The fourth-order valence-corrected chi connectivity index (χ4v) is 1.82. The van der Waals surface area contributed by atoms with Gasteiger partial charge in [0.25, 0.3) is 0 Å². The second kappa shape index (κ2) is 4.16. The topological polar surface area (TPSA) is 54.7 Å². The van der Waals surface area contributed by atoms with Crippen LogP contribution >= 0.6 is 0 Å². The predicted molar refractivity (Wildman–Crippen MR) is 62.4 cm³/mol. The molecular formula is C12H13F2N3. The van der Waals surface area contributed by atoms with Crippen LogP contribution in [0.2, 0.25) is 0 Å². The van der Waals surface area contributed by atoms with Crippen LogP contribution in [0.25, 0.3) is 11.3 Å². The van der Waals surface area contributed by atoms with Gasteiger partial charge in [0.2, 0.25) is 0 Å². The van der Waals surface area contributed by atoms with E-state index < -0.39 is 11.6 Å². The fraction of sp³-hybridized carbons (Fsp3) is 0.250. The van der Waals surface area contributed by atoms with Crippen molar-refractivity contribution in [2.24, 2.45) is 0 Å². The van der Waals surface area contributed by atoms with Gasteiger partial charge in [0, 0.05) is 11.1 Å². The molecule has 0 saturated carbocycles. The molecule has 1 aromatic carbocycles. The van der Waals surface area contributed by atoms with Crippen LogP contribution in [-0.4, -0.2) is 10.2 Å². The van der Waals surface area contributed by atoms with Gasteiger partial charge < -0.3 is 5.73 Å². The lowest BCUT2D eigenvalue weighted by atomic mass is 9.98. The third-order valence-electron chi connectivity index (χ3n) is 2.62. The SMILES string of the molecule is CC(C)c1c(N)n[nH]c1-c1ccc(F)c(F)c1. The van der Waals surface area contributed by atoms with Crippen molar-refractivity contribution in [2.75, 3.05) is 5.73 Å². The number of anilines is 1. The molecule has 0 atom stereocenters. The van der Waals surface area contributed by atoms with Gasteiger partial charge in [-0.25, -0.2) is 8.78 Å². The molecule has 0 aliphatic carbocycles. The zero-order chi connectivity index (χ0) is 12.6. The highest BCUT2D eigenvalue weighted by Crippen LogP contribution is 2.31. The summed E-state index contributed by atoms with van der Waals surface area (Å²) in [5.74, 6) is -1.21. The Morgan fingerprint density at radius 2 is 1.94 bits per heavy atom. The Morgan fingerprint density at radius 1 is 1.24 bits per heavy atom. The highest BCUT2D eigenvalue weighted by molar-refractivity contribution is 5.68. The summed E-state index contributed by atoms with van der Waals surface area (Å²) < 4.78 is 26.0. The maximum Gasteiger partial charge on any atom is 0.159 e. The molecule has 3 N–H and O–H groups in total. The number of H-pyrrole nitrogens is 1. The van der Waals surface area contributed by atoms with Crippen molar-refractivity contribution in [3.8, 4) is 11.3 Å². The Hall–Kier alpha value is -1.91. The second-order valence-corrected chi connectivity index (χ2v) is 4.18. The summed E-state index contributed by atoms with van der Waals surface area (Å²) in [6, 6.07) is 3.72. The first-order valence-electron chi connectivity index (χ1n) is 5.30. The summed E-state index contributed by atoms with van der Waals surface area (Å²) in [6.45, 7) is 3.93. The van der Waals surface area contributed by atoms with Crippen LogP contribution in [0.15, 0.2) is 18.2 Å². The van der Waals surface area contributed by atoms with E-state index in [1.807, 2.05) is 13.8 Å². The van der Waals surface area contributed by atoms with Gasteiger partial charge in [-0.2, -0.15) is 5.10 Å². The smallest absolute Gasteiger partial charge is 0.159 e. The highest BCUT2D eigenvalue weighted by atomic mass is 19.2. The number of hydrogen-bond acceptors (Lipinski definition) is 2. The van der Waals surface area contributed by atoms with Gasteiger partial charge in [0.1, 0.15) is 5.82 Å². The average Bonchev–Trinajstić information content (AvgIpc) is 2.64. The zero-order valence-corrected chi connectivity index (χ0v) is 9.59. The number of nitrogens with zero attached hydrogens (tertiary/aromatic N) is 1. The van der Waals surface area contributed by atoms with Crippen molar-refractivity contribution in [1.82, 2.24) is 10.2 Å². The first-order chi connectivity index (χ1) is 8.00. The molecule has 1 aromatic heterocycles. The van der Waals surface area contributed by atoms with Crippen LogP contribution in [-0.2, 0) is 0 Å². The molecule has 0 amide bonds. The van der Waals surface area contributed by atoms with Crippen LogP contribution in [0.3, 0.4) is 0 Å². The number of aromatic amines is 1. The quantitative estimate of drug-likeness (QED) is 0.843. The van der Waals surface area contributed by atoms with Crippen LogP contribution in [0.5, 0.6) is 0 Å². The van der Waals surface area contributed by atoms with Crippen molar-refractivity contribution >= 4 is 5.82 Å². The largest absolute Gasteiger partial charge is 0.382 e. The molecule has 90 valence electrons. The molecule has 2 aromatic rings. The van der Waals surface area contributed by atoms with Gasteiger partial charge in [-0.15, -0.1) is 0 Å². The van der Waals surface area contributed by atoms with E-state index >= 15 is 0 Å². The monoisotopic (exact) mass is 237 g/mol. The predicted octanol–water partition coefficient (Wildman–Crippen LogP) is 3.06. The standard InChI is InChI=1S/C12H13F2N3/c1-6(2)10-11(16-17-12(10)15)7-3-4-8(13)9(14)5-7/h3-6H,1-2H3,(H3,15,16,17). The summed E-state index contributed by atoms with van der Waals surface area (Å²) in [5.41, 5.74) is 7.73. The van der Waals surface area contributed by atoms with E-state index in [-0.39, 0.29) is 5.92 Å². The lowest BCUT2D eigenvalue weighted by Gasteiger charge is -2.07. The molecule has 0 spiro atoms. The van der Waals surface area contributed by atoms with Crippen LogP contribution in [0, 0.1) is 11.6 Å². The highest BCUT2D eigenvalue weighted by Gasteiger charge is 2.16. The maximum atomic E-state index is 13.2. The van der Waals surface area contributed by atoms with Crippen LogP contribution < -0.4 is 5.73 Å². The van der Waals surface area contributed by atoms with Crippen LogP contribution in [0.4, 0.5) is 14.6 Å². The molecule has 0 saturated heterocycles. The first-order valence-corrected chi connectivity index (χ1v) is 5.30. The van der Waals surface area contributed by atoms with E-state index in [0.29, 0.717) is 17.1 Å². The van der Waals surface area contributed by atoms with E-state index in [2.05, 4.69) is 10.2 Å². The van der Waals surface area contributed by atoms with Crippen molar-refractivity contribution in [3.05, 3.63) is 35.4 Å². The molecule has 0 aliphatic heterocycles. The molecule has 1 heterocycles. The van der Waals surface area contributed by atoms with E-state index in [1.165, 1.54) is 6.07 Å². The number of nitrogens with one attached hydrogen (secondary N) is 1. The van der Waals surface area contributed by atoms with Gasteiger partial charge in [-0.1, -0.05) is 13.8 Å². The molecule has 0 fully saturated rings. The number of rotatable bonds is 2. The average molecular weight is 237 g/mol. The van der Waals surface area contributed by atoms with E-state index in [4.69, 9.17) is 5.73 Å². The molecule has 2 rings (SSSR count). The zero-order valence-electron chi connectivity index (χ0n) is 9.59. The third-order valence-corrected chi connectivity index (χ3v) is 2.62. The third kappa shape index (κ3) is 2.00. The molecule has 3 nitrogen and oxygen atoms in total. The minimum atomic E-state index is -0.884. The molecule has 0 aliphatic rings. The lowest BCUT2D eigenvalue weighted by molar-refractivity contribution is 0.509. The minimum absolute atomic E-state index is 0.150. The molecule has 0 unspecified atom stereocenters. The molecule has 17 heavy (non-hydrogen) atoms. The summed E-state index contributed by atoms with van der Waals surface area (Å²) in [7, 11) is 0. The molecule has 0 bridgehead atoms. The van der Waals surface area contributed by atoms with Gasteiger partial charge >= 0.3 is 0 Å². The summed E-state index contributed by atoms with van der Waals surface area (Å²) in [6.07, 6.45) is 0. The normalized spacial score (nSPS) is 11.1. The number of hydrogen-bond donors (Lipinski definition) is 2. The Bertz CT molecular complexity index is 547. The van der Waals surface area contributed by atoms with Gasteiger partial charge in [0.05, 0.1) is 5.69 Å². The number of nitrogen functional groups attached to an aromatic ring is 1.